The number of hydrogen-bond donors (Lipinski definition) is 2. The van der Waals surface area contributed by atoms with Crippen LogP contribution in [0, 0.1) is 6.92 Å². The van der Waals surface area contributed by atoms with Gasteiger partial charge in [0.2, 0.25) is 0 Å². The van der Waals surface area contributed by atoms with Crippen molar-refractivity contribution in [3.8, 4) is 0 Å². The first-order valence-corrected chi connectivity index (χ1v) is 5.12. The molecular formula is C10H19N3O. The number of nitrogens with zero attached hydrogens (tertiary/aromatic N) is 2. The van der Waals surface area contributed by atoms with E-state index in [4.69, 9.17) is 5.11 Å². The number of aryl methyl sites for hydroxylation is 2. The molecule has 0 spiro atoms. The molecule has 0 atom stereocenters. The number of aliphatic hydroxyl groups excluding tert-OH is 1. The van der Waals surface area contributed by atoms with Crippen LogP contribution in [-0.4, -0.2) is 28.0 Å². The summed E-state index contributed by atoms with van der Waals surface area (Å²) in [5.74, 6) is 0. The minimum Gasteiger partial charge on any atom is -0.395 e. The van der Waals surface area contributed by atoms with Gasteiger partial charge in [0, 0.05) is 31.4 Å². The second-order valence-electron chi connectivity index (χ2n) is 3.40. The van der Waals surface area contributed by atoms with Crippen LogP contribution < -0.4 is 5.32 Å². The molecule has 1 aromatic rings. The molecule has 0 saturated heterocycles. The quantitative estimate of drug-likeness (QED) is 0.659. The third kappa shape index (κ3) is 3.12. The van der Waals surface area contributed by atoms with E-state index in [0.29, 0.717) is 6.54 Å². The van der Waals surface area contributed by atoms with Crippen LogP contribution in [0.25, 0.3) is 0 Å². The van der Waals surface area contributed by atoms with Gasteiger partial charge in [0.1, 0.15) is 0 Å². The van der Waals surface area contributed by atoms with Crippen LogP contribution in [0.1, 0.15) is 24.6 Å². The van der Waals surface area contributed by atoms with E-state index in [2.05, 4.69) is 23.5 Å². The van der Waals surface area contributed by atoms with Crippen LogP contribution in [-0.2, 0) is 13.1 Å². The summed E-state index contributed by atoms with van der Waals surface area (Å²) < 4.78 is 1.98. The van der Waals surface area contributed by atoms with Gasteiger partial charge in [0.05, 0.1) is 12.3 Å². The summed E-state index contributed by atoms with van der Waals surface area (Å²) in [6.45, 7) is 6.74. The van der Waals surface area contributed by atoms with Crippen molar-refractivity contribution in [1.82, 2.24) is 15.1 Å². The molecule has 0 aromatic carbocycles. The average Bonchev–Trinajstić information content (AvgIpc) is 2.48. The van der Waals surface area contributed by atoms with Crippen molar-refractivity contribution in [1.29, 1.82) is 0 Å². The lowest BCUT2D eigenvalue weighted by Crippen LogP contribution is -2.17. The first kappa shape index (κ1) is 11.2. The Morgan fingerprint density at radius 2 is 2.36 bits per heavy atom. The zero-order valence-corrected chi connectivity index (χ0v) is 8.95. The summed E-state index contributed by atoms with van der Waals surface area (Å²) in [6.07, 6.45) is 3.17. The van der Waals surface area contributed by atoms with Crippen LogP contribution in [0.15, 0.2) is 6.20 Å². The van der Waals surface area contributed by atoms with Crippen LogP contribution in [0.4, 0.5) is 0 Å². The summed E-state index contributed by atoms with van der Waals surface area (Å²) in [5, 5.41) is 16.2. The summed E-state index contributed by atoms with van der Waals surface area (Å²) in [6, 6.07) is 0. The van der Waals surface area contributed by atoms with E-state index in [9.17, 15) is 0 Å². The molecule has 0 fully saturated rings. The number of aliphatic hydroxyl groups is 1. The lowest BCUT2D eigenvalue weighted by molar-refractivity contribution is 0.292. The van der Waals surface area contributed by atoms with Crippen molar-refractivity contribution in [3.05, 3.63) is 17.5 Å². The maximum absolute atomic E-state index is 8.62. The van der Waals surface area contributed by atoms with E-state index >= 15 is 0 Å². The molecule has 1 heterocycles. The van der Waals surface area contributed by atoms with Gasteiger partial charge in [-0.1, -0.05) is 6.92 Å². The smallest absolute Gasteiger partial charge is 0.0638 e. The molecule has 80 valence electrons. The van der Waals surface area contributed by atoms with Gasteiger partial charge in [-0.2, -0.15) is 5.10 Å². The Bertz CT molecular complexity index is 270. The molecule has 2 N–H and O–H groups in total. The Morgan fingerprint density at radius 3 is 3.00 bits per heavy atom. The summed E-state index contributed by atoms with van der Waals surface area (Å²) in [5.41, 5.74) is 2.29. The first-order valence-electron chi connectivity index (χ1n) is 5.12. The van der Waals surface area contributed by atoms with Crippen molar-refractivity contribution >= 4 is 0 Å². The van der Waals surface area contributed by atoms with E-state index < -0.39 is 0 Å². The maximum atomic E-state index is 8.62. The Hall–Kier alpha value is -0.870. The molecule has 0 aliphatic carbocycles. The summed E-state index contributed by atoms with van der Waals surface area (Å²) in [7, 11) is 0. The van der Waals surface area contributed by atoms with Crippen molar-refractivity contribution in [2.24, 2.45) is 0 Å². The largest absolute Gasteiger partial charge is 0.395 e. The molecule has 14 heavy (non-hydrogen) atoms. The van der Waals surface area contributed by atoms with E-state index in [1.807, 2.05) is 11.6 Å². The SMILES string of the molecule is CCCn1cc(CNCCO)c(C)n1. The van der Waals surface area contributed by atoms with Gasteiger partial charge >= 0.3 is 0 Å². The van der Waals surface area contributed by atoms with Crippen LogP contribution in [0.3, 0.4) is 0 Å². The highest BCUT2D eigenvalue weighted by atomic mass is 16.3. The second-order valence-corrected chi connectivity index (χ2v) is 3.40. The van der Waals surface area contributed by atoms with Gasteiger partial charge in [-0.05, 0) is 13.3 Å². The molecule has 0 radical (unpaired) electrons. The van der Waals surface area contributed by atoms with Crippen LogP contribution >= 0.6 is 0 Å². The highest BCUT2D eigenvalue weighted by molar-refractivity contribution is 5.14. The van der Waals surface area contributed by atoms with Crippen molar-refractivity contribution < 1.29 is 5.11 Å². The predicted molar refractivity (Wildman–Crippen MR) is 56.0 cm³/mol. The van der Waals surface area contributed by atoms with E-state index in [1.165, 1.54) is 5.56 Å². The Labute approximate surface area is 84.9 Å². The van der Waals surface area contributed by atoms with Gasteiger partial charge < -0.3 is 10.4 Å². The summed E-state index contributed by atoms with van der Waals surface area (Å²) in [4.78, 5) is 0. The third-order valence-electron chi connectivity index (χ3n) is 2.10. The molecule has 1 rings (SSSR count). The molecule has 0 saturated carbocycles. The molecule has 0 bridgehead atoms. The van der Waals surface area contributed by atoms with Gasteiger partial charge in [-0.15, -0.1) is 0 Å². The standard InChI is InChI=1S/C10H19N3O/c1-3-5-13-8-10(9(2)12-13)7-11-4-6-14/h8,11,14H,3-7H2,1-2H3. The summed E-state index contributed by atoms with van der Waals surface area (Å²) >= 11 is 0. The number of aromatic nitrogens is 2. The van der Waals surface area contributed by atoms with Gasteiger partial charge in [-0.3, -0.25) is 4.68 Å². The Morgan fingerprint density at radius 1 is 1.57 bits per heavy atom. The third-order valence-corrected chi connectivity index (χ3v) is 2.10. The van der Waals surface area contributed by atoms with Crippen molar-refractivity contribution in [2.45, 2.75) is 33.4 Å². The van der Waals surface area contributed by atoms with Gasteiger partial charge in [0.15, 0.2) is 0 Å². The molecule has 0 amide bonds. The van der Waals surface area contributed by atoms with Crippen LogP contribution in [0.5, 0.6) is 0 Å². The van der Waals surface area contributed by atoms with E-state index in [0.717, 1.165) is 25.2 Å². The molecule has 1 aromatic heterocycles. The predicted octanol–water partition coefficient (Wildman–Crippen LogP) is 0.683. The van der Waals surface area contributed by atoms with Crippen LogP contribution in [0.2, 0.25) is 0 Å². The number of nitrogens with one attached hydrogen (secondary N) is 1. The number of rotatable bonds is 6. The lowest BCUT2D eigenvalue weighted by atomic mass is 10.2. The molecule has 4 heteroatoms. The highest BCUT2D eigenvalue weighted by Gasteiger charge is 2.02. The normalized spacial score (nSPS) is 10.8. The topological polar surface area (TPSA) is 50.1 Å². The minimum absolute atomic E-state index is 0.183. The molecule has 0 aliphatic rings. The zero-order valence-electron chi connectivity index (χ0n) is 8.95. The Balaban J connectivity index is 2.49. The fourth-order valence-corrected chi connectivity index (χ4v) is 1.38. The number of hydrogen-bond acceptors (Lipinski definition) is 3. The maximum Gasteiger partial charge on any atom is 0.0638 e. The van der Waals surface area contributed by atoms with Crippen molar-refractivity contribution in [3.63, 3.8) is 0 Å². The lowest BCUT2D eigenvalue weighted by Gasteiger charge is -1.99. The second kappa shape index (κ2) is 5.78. The Kier molecular flexibility index (Phi) is 4.62. The van der Waals surface area contributed by atoms with E-state index in [1.54, 1.807) is 0 Å². The first-order chi connectivity index (χ1) is 6.77. The average molecular weight is 197 g/mol. The molecule has 0 aliphatic heterocycles. The minimum atomic E-state index is 0.183. The van der Waals surface area contributed by atoms with Crippen molar-refractivity contribution in [2.75, 3.05) is 13.2 Å². The van der Waals surface area contributed by atoms with Gasteiger partial charge in [0.25, 0.3) is 0 Å². The van der Waals surface area contributed by atoms with Gasteiger partial charge in [-0.25, -0.2) is 0 Å². The monoisotopic (exact) mass is 197 g/mol. The highest BCUT2D eigenvalue weighted by Crippen LogP contribution is 2.05. The molecule has 4 nitrogen and oxygen atoms in total. The molecule has 0 unspecified atom stereocenters. The molecular weight excluding hydrogens is 178 g/mol. The zero-order chi connectivity index (χ0) is 10.4. The van der Waals surface area contributed by atoms with E-state index in [-0.39, 0.29) is 6.61 Å². The fourth-order valence-electron chi connectivity index (χ4n) is 1.38. The fraction of sp³-hybridized carbons (Fsp3) is 0.700.